The van der Waals surface area contributed by atoms with Crippen LogP contribution in [0.2, 0.25) is 0 Å². The van der Waals surface area contributed by atoms with Crippen LogP contribution in [0.15, 0.2) is 60.3 Å². The molecule has 2 aliphatic rings. The van der Waals surface area contributed by atoms with E-state index in [1.54, 1.807) is 24.3 Å². The van der Waals surface area contributed by atoms with E-state index in [2.05, 4.69) is 11.8 Å². The van der Waals surface area contributed by atoms with Crippen molar-refractivity contribution in [2.45, 2.75) is 26.7 Å². The average Bonchev–Trinajstić information content (AvgIpc) is 3.00. The van der Waals surface area contributed by atoms with Gasteiger partial charge in [0.15, 0.2) is 0 Å². The van der Waals surface area contributed by atoms with Gasteiger partial charge in [0.05, 0.1) is 17.9 Å². The molecule has 150 valence electrons. The number of imide groups is 1. The topological polar surface area (TPSA) is 49.9 Å². The Balaban J connectivity index is 1.75. The first-order valence-electron chi connectivity index (χ1n) is 10.3. The Morgan fingerprint density at radius 2 is 1.72 bits per heavy atom. The van der Waals surface area contributed by atoms with Crippen molar-refractivity contribution in [2.75, 3.05) is 24.6 Å². The zero-order chi connectivity index (χ0) is 20.4. The van der Waals surface area contributed by atoms with Gasteiger partial charge in [0, 0.05) is 13.1 Å². The Morgan fingerprint density at radius 1 is 1.00 bits per heavy atom. The summed E-state index contributed by atoms with van der Waals surface area (Å²) < 4.78 is 5.49. The van der Waals surface area contributed by atoms with E-state index in [9.17, 15) is 9.59 Å². The van der Waals surface area contributed by atoms with Crippen LogP contribution in [-0.4, -0.2) is 36.4 Å². The molecule has 4 rings (SSSR count). The number of amides is 2. The first-order chi connectivity index (χ1) is 14.1. The molecule has 1 saturated heterocycles. The number of ether oxygens (including phenoxy) is 1. The lowest BCUT2D eigenvalue weighted by atomic mass is 9.98. The van der Waals surface area contributed by atoms with Crippen LogP contribution in [0.25, 0.3) is 5.57 Å². The Kier molecular flexibility index (Phi) is 5.38. The molecule has 5 heteroatoms. The number of carbonyl (C=O) groups is 2. The Hall–Kier alpha value is -3.08. The van der Waals surface area contributed by atoms with E-state index < -0.39 is 0 Å². The summed E-state index contributed by atoms with van der Waals surface area (Å²) in [6.45, 7) is 6.27. The summed E-state index contributed by atoms with van der Waals surface area (Å²) in [7, 11) is 0. The number of likely N-dealkylation sites (tertiary alicyclic amines) is 1. The van der Waals surface area contributed by atoms with Crippen molar-refractivity contribution < 1.29 is 14.3 Å². The zero-order valence-corrected chi connectivity index (χ0v) is 16.9. The lowest BCUT2D eigenvalue weighted by molar-refractivity contribution is -0.120. The summed E-state index contributed by atoms with van der Waals surface area (Å²) in [4.78, 5) is 30.3. The van der Waals surface area contributed by atoms with E-state index in [0.29, 0.717) is 29.5 Å². The predicted molar refractivity (Wildman–Crippen MR) is 113 cm³/mol. The first-order valence-corrected chi connectivity index (χ1v) is 10.3. The van der Waals surface area contributed by atoms with Crippen LogP contribution in [0.4, 0.5) is 5.69 Å². The molecule has 2 aliphatic heterocycles. The molecule has 2 amide bonds. The third-order valence-electron chi connectivity index (χ3n) is 5.50. The summed E-state index contributed by atoms with van der Waals surface area (Å²) in [6, 6.07) is 16.6. The summed E-state index contributed by atoms with van der Waals surface area (Å²) in [5.41, 5.74) is 2.38. The molecule has 1 fully saturated rings. The SMILES string of the molecule is CCOc1ccc(N2C(=O)C(c3ccccc3)=C(N3CCCC(C)C3)C2=O)cc1. The number of hydrogen-bond donors (Lipinski definition) is 0. The van der Waals surface area contributed by atoms with Crippen LogP contribution in [0.1, 0.15) is 32.3 Å². The van der Waals surface area contributed by atoms with Crippen molar-refractivity contribution in [3.63, 3.8) is 0 Å². The van der Waals surface area contributed by atoms with E-state index in [-0.39, 0.29) is 11.8 Å². The fourth-order valence-corrected chi connectivity index (χ4v) is 4.16. The van der Waals surface area contributed by atoms with Crippen molar-refractivity contribution in [2.24, 2.45) is 5.92 Å². The van der Waals surface area contributed by atoms with Crippen LogP contribution < -0.4 is 9.64 Å². The highest BCUT2D eigenvalue weighted by molar-refractivity contribution is 6.45. The molecular formula is C24H26N2O3. The van der Waals surface area contributed by atoms with Gasteiger partial charge in [0.25, 0.3) is 11.8 Å². The van der Waals surface area contributed by atoms with Gasteiger partial charge in [0.2, 0.25) is 0 Å². The van der Waals surface area contributed by atoms with Gasteiger partial charge in [-0.3, -0.25) is 9.59 Å². The quantitative estimate of drug-likeness (QED) is 0.721. The van der Waals surface area contributed by atoms with E-state index in [1.807, 2.05) is 37.3 Å². The number of rotatable bonds is 5. The molecule has 0 radical (unpaired) electrons. The van der Waals surface area contributed by atoms with E-state index in [1.165, 1.54) is 4.90 Å². The number of hydrogen-bond acceptors (Lipinski definition) is 4. The summed E-state index contributed by atoms with van der Waals surface area (Å²) in [5.74, 6) is 0.707. The van der Waals surface area contributed by atoms with Crippen molar-refractivity contribution in [1.29, 1.82) is 0 Å². The maximum atomic E-state index is 13.5. The molecule has 1 atom stereocenters. The third-order valence-corrected chi connectivity index (χ3v) is 5.50. The smallest absolute Gasteiger partial charge is 0.282 e. The molecule has 0 spiro atoms. The monoisotopic (exact) mass is 390 g/mol. The van der Waals surface area contributed by atoms with E-state index in [0.717, 1.165) is 37.2 Å². The van der Waals surface area contributed by atoms with E-state index >= 15 is 0 Å². The second-order valence-corrected chi connectivity index (χ2v) is 7.66. The molecule has 5 nitrogen and oxygen atoms in total. The highest BCUT2D eigenvalue weighted by Crippen LogP contribution is 2.36. The Bertz CT molecular complexity index is 934. The zero-order valence-electron chi connectivity index (χ0n) is 16.9. The molecule has 0 saturated carbocycles. The van der Waals surface area contributed by atoms with E-state index in [4.69, 9.17) is 4.74 Å². The maximum Gasteiger partial charge on any atom is 0.282 e. The normalized spacial score (nSPS) is 19.9. The number of anilines is 1. The van der Waals surface area contributed by atoms with Gasteiger partial charge in [-0.1, -0.05) is 37.3 Å². The first kappa shape index (κ1) is 19.2. The molecule has 0 N–H and O–H groups in total. The average molecular weight is 390 g/mol. The number of piperidine rings is 1. The van der Waals surface area contributed by atoms with Gasteiger partial charge in [0.1, 0.15) is 11.4 Å². The summed E-state index contributed by atoms with van der Waals surface area (Å²) in [6.07, 6.45) is 2.17. The number of benzene rings is 2. The van der Waals surface area contributed by atoms with Crippen molar-refractivity contribution in [1.82, 2.24) is 4.90 Å². The van der Waals surface area contributed by atoms with Crippen LogP contribution >= 0.6 is 0 Å². The molecule has 29 heavy (non-hydrogen) atoms. The van der Waals surface area contributed by atoms with Crippen LogP contribution in [-0.2, 0) is 9.59 Å². The largest absolute Gasteiger partial charge is 0.494 e. The lowest BCUT2D eigenvalue weighted by Crippen LogP contribution is -2.39. The molecule has 0 bridgehead atoms. The standard InChI is InChI=1S/C24H26N2O3/c1-3-29-20-13-11-19(12-14-20)26-23(27)21(18-9-5-4-6-10-18)22(24(26)28)25-15-7-8-17(2)16-25/h4-6,9-14,17H,3,7-8,15-16H2,1-2H3. The van der Waals surface area contributed by atoms with Gasteiger partial charge in [-0.2, -0.15) is 0 Å². The highest BCUT2D eigenvalue weighted by atomic mass is 16.5. The van der Waals surface area contributed by atoms with Gasteiger partial charge < -0.3 is 9.64 Å². The van der Waals surface area contributed by atoms with Crippen LogP contribution in [0.5, 0.6) is 5.75 Å². The van der Waals surface area contributed by atoms with Crippen molar-refractivity contribution in [3.8, 4) is 5.75 Å². The van der Waals surface area contributed by atoms with Crippen LogP contribution in [0, 0.1) is 5.92 Å². The second-order valence-electron chi connectivity index (χ2n) is 7.66. The molecule has 1 unspecified atom stereocenters. The number of carbonyl (C=O) groups excluding carboxylic acids is 2. The molecule has 0 aliphatic carbocycles. The van der Waals surface area contributed by atoms with Gasteiger partial charge in [-0.15, -0.1) is 0 Å². The summed E-state index contributed by atoms with van der Waals surface area (Å²) in [5, 5.41) is 0. The summed E-state index contributed by atoms with van der Waals surface area (Å²) >= 11 is 0. The lowest BCUT2D eigenvalue weighted by Gasteiger charge is -2.33. The van der Waals surface area contributed by atoms with Gasteiger partial charge >= 0.3 is 0 Å². The Morgan fingerprint density at radius 3 is 2.38 bits per heavy atom. The minimum Gasteiger partial charge on any atom is -0.494 e. The van der Waals surface area contributed by atoms with Crippen molar-refractivity contribution >= 4 is 23.1 Å². The predicted octanol–water partition coefficient (Wildman–Crippen LogP) is 4.10. The fraction of sp³-hybridized carbons (Fsp3) is 0.333. The molecule has 2 heterocycles. The van der Waals surface area contributed by atoms with Crippen LogP contribution in [0.3, 0.4) is 0 Å². The molecule has 2 aromatic carbocycles. The second kappa shape index (κ2) is 8.11. The minimum absolute atomic E-state index is 0.243. The minimum atomic E-state index is -0.265. The van der Waals surface area contributed by atoms with Crippen molar-refractivity contribution in [3.05, 3.63) is 65.9 Å². The highest BCUT2D eigenvalue weighted by Gasteiger charge is 2.43. The molecule has 0 aromatic heterocycles. The fourth-order valence-electron chi connectivity index (χ4n) is 4.16. The third kappa shape index (κ3) is 3.65. The van der Waals surface area contributed by atoms with Gasteiger partial charge in [-0.05, 0) is 55.5 Å². The maximum absolute atomic E-state index is 13.5. The molecular weight excluding hydrogens is 364 g/mol. The number of nitrogens with zero attached hydrogens (tertiary/aromatic N) is 2. The van der Waals surface area contributed by atoms with Gasteiger partial charge in [-0.25, -0.2) is 4.90 Å². The Labute approximate surface area is 171 Å². The molecule has 2 aromatic rings.